The molecule has 0 bridgehead atoms. The first-order valence-electron chi connectivity index (χ1n) is 5.93. The van der Waals surface area contributed by atoms with Gasteiger partial charge in [0.1, 0.15) is 0 Å². The Morgan fingerprint density at radius 3 is 2.76 bits per heavy atom. The minimum Gasteiger partial charge on any atom is -0.490 e. The Hall–Kier alpha value is -1.16. The molecular weight excluding hydrogens is 224 g/mol. The minimum absolute atomic E-state index is 0.0116. The van der Waals surface area contributed by atoms with Crippen LogP contribution in [-0.2, 0) is 0 Å². The fourth-order valence-electron chi connectivity index (χ4n) is 1.66. The third-order valence-corrected chi connectivity index (χ3v) is 2.77. The van der Waals surface area contributed by atoms with Crippen LogP contribution in [0, 0.1) is 11.6 Å². The van der Waals surface area contributed by atoms with Crippen molar-refractivity contribution in [3.05, 3.63) is 29.8 Å². The van der Waals surface area contributed by atoms with E-state index in [-0.39, 0.29) is 5.75 Å². The van der Waals surface area contributed by atoms with Crippen LogP contribution >= 0.6 is 0 Å². The molecule has 4 heteroatoms. The van der Waals surface area contributed by atoms with Crippen molar-refractivity contribution in [3.63, 3.8) is 0 Å². The van der Waals surface area contributed by atoms with E-state index in [4.69, 9.17) is 4.74 Å². The molecule has 0 aliphatic rings. The van der Waals surface area contributed by atoms with E-state index in [1.54, 1.807) is 0 Å². The van der Waals surface area contributed by atoms with E-state index in [2.05, 4.69) is 12.2 Å². The van der Waals surface area contributed by atoms with E-state index < -0.39 is 11.6 Å². The number of halogens is 2. The first kappa shape index (κ1) is 13.9. The van der Waals surface area contributed by atoms with Gasteiger partial charge in [0.2, 0.25) is 5.82 Å². The first-order valence-corrected chi connectivity index (χ1v) is 5.93. The second-order valence-corrected chi connectivity index (χ2v) is 3.94. The van der Waals surface area contributed by atoms with Crippen molar-refractivity contribution in [2.45, 2.75) is 32.2 Å². The van der Waals surface area contributed by atoms with Gasteiger partial charge in [0.15, 0.2) is 11.6 Å². The van der Waals surface area contributed by atoms with Crippen molar-refractivity contribution in [2.24, 2.45) is 0 Å². The summed E-state index contributed by atoms with van der Waals surface area (Å²) in [7, 11) is 1.92. The van der Waals surface area contributed by atoms with Crippen LogP contribution in [0.25, 0.3) is 0 Å². The van der Waals surface area contributed by atoms with Gasteiger partial charge in [-0.1, -0.05) is 13.0 Å². The predicted molar refractivity (Wildman–Crippen MR) is 64.2 cm³/mol. The summed E-state index contributed by atoms with van der Waals surface area (Å²) in [5, 5.41) is 3.18. The van der Waals surface area contributed by atoms with E-state index in [0.29, 0.717) is 12.6 Å². The van der Waals surface area contributed by atoms with Crippen molar-refractivity contribution in [2.75, 3.05) is 13.7 Å². The van der Waals surface area contributed by atoms with Gasteiger partial charge in [-0.25, -0.2) is 4.39 Å². The molecule has 0 fully saturated rings. The van der Waals surface area contributed by atoms with Crippen LogP contribution < -0.4 is 10.1 Å². The average Bonchev–Trinajstić information content (AvgIpc) is 2.34. The topological polar surface area (TPSA) is 21.3 Å². The lowest BCUT2D eigenvalue weighted by atomic mass is 10.1. The molecule has 0 aliphatic carbocycles. The molecule has 1 unspecified atom stereocenters. The summed E-state index contributed by atoms with van der Waals surface area (Å²) < 4.78 is 31.3. The van der Waals surface area contributed by atoms with Crippen molar-refractivity contribution in [3.8, 4) is 5.75 Å². The summed E-state index contributed by atoms with van der Waals surface area (Å²) in [6, 6.07) is 4.41. The number of rotatable bonds is 7. The molecule has 1 aromatic rings. The number of benzene rings is 1. The molecule has 1 atom stereocenters. The Balaban J connectivity index is 2.33. The molecule has 0 saturated carbocycles. The molecule has 0 heterocycles. The minimum atomic E-state index is -0.909. The lowest BCUT2D eigenvalue weighted by Crippen LogP contribution is -2.24. The monoisotopic (exact) mass is 243 g/mol. The molecule has 0 saturated heterocycles. The highest BCUT2D eigenvalue weighted by Gasteiger charge is 2.08. The van der Waals surface area contributed by atoms with E-state index >= 15 is 0 Å². The molecule has 0 radical (unpaired) electrons. The maximum atomic E-state index is 13.2. The molecule has 1 aromatic carbocycles. The van der Waals surface area contributed by atoms with Gasteiger partial charge >= 0.3 is 0 Å². The maximum absolute atomic E-state index is 13.2. The van der Waals surface area contributed by atoms with E-state index in [1.807, 2.05) is 7.05 Å². The van der Waals surface area contributed by atoms with Crippen molar-refractivity contribution >= 4 is 0 Å². The predicted octanol–water partition coefficient (Wildman–Crippen LogP) is 3.12. The molecule has 0 amide bonds. The van der Waals surface area contributed by atoms with Crippen molar-refractivity contribution in [1.82, 2.24) is 5.32 Å². The number of hydrogen-bond acceptors (Lipinski definition) is 2. The van der Waals surface area contributed by atoms with Crippen LogP contribution in [0.4, 0.5) is 8.78 Å². The van der Waals surface area contributed by atoms with Crippen LogP contribution in [0.1, 0.15) is 26.2 Å². The van der Waals surface area contributed by atoms with Crippen LogP contribution in [0.5, 0.6) is 5.75 Å². The van der Waals surface area contributed by atoms with Gasteiger partial charge in [-0.2, -0.15) is 4.39 Å². The second-order valence-electron chi connectivity index (χ2n) is 3.94. The third-order valence-electron chi connectivity index (χ3n) is 2.77. The van der Waals surface area contributed by atoms with Crippen LogP contribution in [-0.4, -0.2) is 19.7 Å². The summed E-state index contributed by atoms with van der Waals surface area (Å²) in [4.78, 5) is 0. The lowest BCUT2D eigenvalue weighted by molar-refractivity contribution is 0.278. The highest BCUT2D eigenvalue weighted by molar-refractivity contribution is 5.24. The molecule has 96 valence electrons. The van der Waals surface area contributed by atoms with E-state index in [9.17, 15) is 8.78 Å². The number of ether oxygens (including phenoxy) is 1. The molecule has 1 rings (SSSR count). The Bertz CT molecular complexity index is 340. The largest absolute Gasteiger partial charge is 0.490 e. The Morgan fingerprint density at radius 2 is 2.12 bits per heavy atom. The Morgan fingerprint density at radius 1 is 1.35 bits per heavy atom. The van der Waals surface area contributed by atoms with Gasteiger partial charge < -0.3 is 10.1 Å². The summed E-state index contributed by atoms with van der Waals surface area (Å²) in [6.45, 7) is 2.51. The molecule has 0 aromatic heterocycles. The summed E-state index contributed by atoms with van der Waals surface area (Å²) in [5.41, 5.74) is 0. The average molecular weight is 243 g/mol. The zero-order valence-corrected chi connectivity index (χ0v) is 10.3. The van der Waals surface area contributed by atoms with Gasteiger partial charge in [0, 0.05) is 6.04 Å². The smallest absolute Gasteiger partial charge is 0.200 e. The number of nitrogens with one attached hydrogen (secondary N) is 1. The highest BCUT2D eigenvalue weighted by atomic mass is 19.2. The highest BCUT2D eigenvalue weighted by Crippen LogP contribution is 2.19. The maximum Gasteiger partial charge on any atom is 0.200 e. The fraction of sp³-hybridized carbons (Fsp3) is 0.538. The zero-order chi connectivity index (χ0) is 12.7. The molecule has 0 aliphatic heterocycles. The zero-order valence-electron chi connectivity index (χ0n) is 10.3. The van der Waals surface area contributed by atoms with Crippen LogP contribution in [0.3, 0.4) is 0 Å². The molecule has 1 N–H and O–H groups in total. The van der Waals surface area contributed by atoms with Gasteiger partial charge in [0.25, 0.3) is 0 Å². The molecule has 0 spiro atoms. The molecule has 2 nitrogen and oxygen atoms in total. The van der Waals surface area contributed by atoms with E-state index in [0.717, 1.165) is 25.3 Å². The SMILES string of the molecule is CCC(CCCOc1cccc(F)c1F)NC. The number of hydrogen-bond donors (Lipinski definition) is 1. The van der Waals surface area contributed by atoms with Gasteiger partial charge in [-0.3, -0.25) is 0 Å². The van der Waals surface area contributed by atoms with Crippen molar-refractivity contribution < 1.29 is 13.5 Å². The lowest BCUT2D eigenvalue weighted by Gasteiger charge is -2.13. The normalized spacial score (nSPS) is 12.5. The van der Waals surface area contributed by atoms with Crippen LogP contribution in [0.15, 0.2) is 18.2 Å². The van der Waals surface area contributed by atoms with Gasteiger partial charge in [-0.15, -0.1) is 0 Å². The quantitative estimate of drug-likeness (QED) is 0.743. The van der Waals surface area contributed by atoms with Gasteiger partial charge in [0.05, 0.1) is 6.61 Å². The summed E-state index contributed by atoms with van der Waals surface area (Å²) in [5.74, 6) is -1.79. The summed E-state index contributed by atoms with van der Waals surface area (Å²) in [6.07, 6.45) is 2.82. The second kappa shape index (κ2) is 7.22. The van der Waals surface area contributed by atoms with E-state index in [1.165, 1.54) is 12.1 Å². The molecular formula is C13H19F2NO. The van der Waals surface area contributed by atoms with Crippen LogP contribution in [0.2, 0.25) is 0 Å². The Kier molecular flexibility index (Phi) is 5.91. The third kappa shape index (κ3) is 4.30. The summed E-state index contributed by atoms with van der Waals surface area (Å²) >= 11 is 0. The van der Waals surface area contributed by atoms with Gasteiger partial charge in [-0.05, 0) is 38.4 Å². The standard InChI is InChI=1S/C13H19F2NO/c1-3-10(16-2)6-5-9-17-12-8-4-7-11(14)13(12)15/h4,7-8,10,16H,3,5-6,9H2,1-2H3. The Labute approximate surface area is 101 Å². The fourth-order valence-corrected chi connectivity index (χ4v) is 1.66. The first-order chi connectivity index (χ1) is 8.19. The van der Waals surface area contributed by atoms with Crippen molar-refractivity contribution in [1.29, 1.82) is 0 Å². The molecule has 17 heavy (non-hydrogen) atoms.